The first-order valence-electron chi connectivity index (χ1n) is 6.96. The predicted molar refractivity (Wildman–Crippen MR) is 75.0 cm³/mol. The van der Waals surface area contributed by atoms with E-state index >= 15 is 0 Å². The molecule has 0 radical (unpaired) electrons. The lowest BCUT2D eigenvalue weighted by Gasteiger charge is -2.24. The number of aryl methyl sites for hydroxylation is 1. The van der Waals surface area contributed by atoms with Crippen molar-refractivity contribution in [1.82, 2.24) is 19.4 Å². The predicted octanol–water partition coefficient (Wildman–Crippen LogP) is 1.19. The van der Waals surface area contributed by atoms with Crippen LogP contribution in [0.1, 0.15) is 24.7 Å². The summed E-state index contributed by atoms with van der Waals surface area (Å²) in [4.78, 5) is 1.41. The fourth-order valence-electron chi connectivity index (χ4n) is 2.64. The van der Waals surface area contributed by atoms with Crippen molar-refractivity contribution in [3.05, 3.63) is 11.8 Å². The van der Waals surface area contributed by atoms with Gasteiger partial charge in [-0.1, -0.05) is 0 Å². The van der Waals surface area contributed by atoms with Gasteiger partial charge in [-0.25, -0.2) is 12.7 Å². The van der Waals surface area contributed by atoms with E-state index in [9.17, 15) is 21.6 Å². The van der Waals surface area contributed by atoms with E-state index in [-0.39, 0.29) is 12.4 Å². The van der Waals surface area contributed by atoms with Crippen molar-refractivity contribution in [1.29, 1.82) is 0 Å². The number of nitrogens with zero attached hydrogens (tertiary/aromatic N) is 4. The van der Waals surface area contributed by atoms with E-state index in [0.717, 1.165) is 4.31 Å². The van der Waals surface area contributed by atoms with E-state index in [0.29, 0.717) is 5.89 Å². The molecular weight excluding hydrogens is 337 g/mol. The van der Waals surface area contributed by atoms with E-state index in [1.807, 2.05) is 0 Å². The highest BCUT2D eigenvalue weighted by Crippen LogP contribution is 2.40. The van der Waals surface area contributed by atoms with Crippen molar-refractivity contribution < 1.29 is 26.0 Å². The summed E-state index contributed by atoms with van der Waals surface area (Å²) in [6.45, 7) is 2.52. The average molecular weight is 356 g/mol. The Kier molecular flexibility index (Phi) is 4.75. The van der Waals surface area contributed by atoms with Crippen LogP contribution in [0, 0.1) is 12.8 Å². The van der Waals surface area contributed by atoms with Crippen LogP contribution in [0.3, 0.4) is 0 Å². The Morgan fingerprint density at radius 2 is 1.91 bits per heavy atom. The molecule has 2 rings (SSSR count). The molecule has 0 aromatic carbocycles. The molecule has 0 amide bonds. The monoisotopic (exact) mass is 356 g/mol. The van der Waals surface area contributed by atoms with Gasteiger partial charge < -0.3 is 4.42 Å². The molecule has 0 saturated carbocycles. The third-order valence-corrected chi connectivity index (χ3v) is 6.31. The van der Waals surface area contributed by atoms with Crippen LogP contribution >= 0.6 is 0 Å². The molecule has 1 aromatic heterocycles. The molecule has 0 N–H and O–H groups in total. The molecule has 23 heavy (non-hydrogen) atoms. The lowest BCUT2D eigenvalue weighted by atomic mass is 10.1. The summed E-state index contributed by atoms with van der Waals surface area (Å²) in [5.74, 6) is -1.48. The third-order valence-electron chi connectivity index (χ3n) is 4.05. The van der Waals surface area contributed by atoms with Gasteiger partial charge >= 0.3 is 6.18 Å². The molecule has 1 saturated heterocycles. The maximum Gasteiger partial charge on any atom is 0.394 e. The second-order valence-corrected chi connectivity index (χ2v) is 8.17. The normalized spacial score (nSPS) is 25.2. The number of alkyl halides is 3. The van der Waals surface area contributed by atoms with Gasteiger partial charge in [-0.2, -0.15) is 13.2 Å². The number of hydrogen-bond donors (Lipinski definition) is 0. The maximum atomic E-state index is 13.3. The van der Waals surface area contributed by atoms with Crippen molar-refractivity contribution in [2.75, 3.05) is 27.2 Å². The first-order valence-corrected chi connectivity index (χ1v) is 8.47. The SMILES string of the molecule is Cc1nnc(C(C)N2C[C@@H](C(F)(F)F)[C@H](S(=O)(=O)N(C)C)C2)o1. The molecule has 132 valence electrons. The van der Waals surface area contributed by atoms with Crippen molar-refractivity contribution in [3.8, 4) is 0 Å². The van der Waals surface area contributed by atoms with Crippen molar-refractivity contribution >= 4 is 10.0 Å². The summed E-state index contributed by atoms with van der Waals surface area (Å²) in [5.41, 5.74) is 0. The molecule has 7 nitrogen and oxygen atoms in total. The Balaban J connectivity index is 2.30. The zero-order valence-corrected chi connectivity index (χ0v) is 14.0. The third kappa shape index (κ3) is 3.50. The Bertz CT molecular complexity index is 659. The highest BCUT2D eigenvalue weighted by Gasteiger charge is 2.55. The molecule has 0 bridgehead atoms. The summed E-state index contributed by atoms with van der Waals surface area (Å²) < 4.78 is 70.4. The molecule has 1 aromatic rings. The van der Waals surface area contributed by atoms with Crippen LogP contribution < -0.4 is 0 Å². The van der Waals surface area contributed by atoms with E-state index in [4.69, 9.17) is 4.42 Å². The maximum absolute atomic E-state index is 13.3. The summed E-state index contributed by atoms with van der Waals surface area (Å²) in [5, 5.41) is 5.90. The van der Waals surface area contributed by atoms with Gasteiger partial charge in [-0.05, 0) is 6.92 Å². The Morgan fingerprint density at radius 3 is 2.35 bits per heavy atom. The minimum atomic E-state index is -4.60. The van der Waals surface area contributed by atoms with Crippen LogP contribution in [0.2, 0.25) is 0 Å². The van der Waals surface area contributed by atoms with Gasteiger partial charge in [0.2, 0.25) is 21.8 Å². The second kappa shape index (κ2) is 6.02. The van der Waals surface area contributed by atoms with Crippen molar-refractivity contribution in [2.45, 2.75) is 31.3 Å². The fourth-order valence-corrected chi connectivity index (χ4v) is 4.22. The van der Waals surface area contributed by atoms with Gasteiger partial charge in [0.25, 0.3) is 0 Å². The molecule has 0 aliphatic carbocycles. The topological polar surface area (TPSA) is 79.5 Å². The molecule has 1 unspecified atom stereocenters. The van der Waals surface area contributed by atoms with Crippen LogP contribution in [-0.2, 0) is 10.0 Å². The van der Waals surface area contributed by atoms with Gasteiger partial charge in [0.15, 0.2) is 0 Å². The number of hydrogen-bond acceptors (Lipinski definition) is 6. The van der Waals surface area contributed by atoms with Crippen molar-refractivity contribution in [3.63, 3.8) is 0 Å². The van der Waals surface area contributed by atoms with Gasteiger partial charge in [0.1, 0.15) is 5.25 Å². The van der Waals surface area contributed by atoms with Crippen LogP contribution in [0.15, 0.2) is 4.42 Å². The molecule has 2 heterocycles. The van der Waals surface area contributed by atoms with Gasteiger partial charge in [-0.15, -0.1) is 10.2 Å². The number of likely N-dealkylation sites (tertiary alicyclic amines) is 1. The second-order valence-electron chi connectivity index (χ2n) is 5.80. The summed E-state index contributed by atoms with van der Waals surface area (Å²) in [6, 6.07) is -0.594. The minimum Gasteiger partial charge on any atom is -0.424 e. The van der Waals surface area contributed by atoms with Crippen LogP contribution in [0.5, 0.6) is 0 Å². The zero-order chi connectivity index (χ0) is 17.6. The molecular formula is C12H19F3N4O3S. The highest BCUT2D eigenvalue weighted by atomic mass is 32.2. The molecule has 1 aliphatic rings. The Labute approximate surface area is 132 Å². The number of sulfonamides is 1. The van der Waals surface area contributed by atoms with Crippen molar-refractivity contribution in [2.24, 2.45) is 5.92 Å². The molecule has 0 spiro atoms. The zero-order valence-electron chi connectivity index (χ0n) is 13.2. The Morgan fingerprint density at radius 1 is 1.30 bits per heavy atom. The van der Waals surface area contributed by atoms with Gasteiger partial charge in [0.05, 0.1) is 12.0 Å². The van der Waals surface area contributed by atoms with E-state index in [2.05, 4.69) is 10.2 Å². The molecule has 1 aliphatic heterocycles. The average Bonchev–Trinajstić information content (AvgIpc) is 3.03. The standard InChI is InChI=1S/C12H19F3N4O3S/c1-7(11-17-16-8(2)22-11)19-5-9(12(13,14)15)10(6-19)23(20,21)18(3)4/h7,9-10H,5-6H2,1-4H3/t7?,9-,10-/m1/s1. The Hall–Kier alpha value is -1.20. The largest absolute Gasteiger partial charge is 0.424 e. The summed E-state index contributed by atoms with van der Waals surface area (Å²) in [7, 11) is -1.58. The van der Waals surface area contributed by atoms with Crippen LogP contribution in [-0.4, -0.2) is 66.4 Å². The lowest BCUT2D eigenvalue weighted by molar-refractivity contribution is -0.170. The lowest BCUT2D eigenvalue weighted by Crippen LogP contribution is -2.43. The number of halogens is 3. The quantitative estimate of drug-likeness (QED) is 0.806. The minimum absolute atomic E-state index is 0.173. The number of rotatable bonds is 4. The number of aromatic nitrogens is 2. The smallest absolute Gasteiger partial charge is 0.394 e. The van der Waals surface area contributed by atoms with Crippen LogP contribution in [0.4, 0.5) is 13.2 Å². The molecule has 3 atom stereocenters. The van der Waals surface area contributed by atoms with E-state index < -0.39 is 40.0 Å². The summed E-state index contributed by atoms with van der Waals surface area (Å²) in [6.07, 6.45) is -4.60. The van der Waals surface area contributed by atoms with E-state index in [1.54, 1.807) is 13.8 Å². The first kappa shape index (κ1) is 18.1. The van der Waals surface area contributed by atoms with E-state index in [1.165, 1.54) is 19.0 Å². The highest BCUT2D eigenvalue weighted by molar-refractivity contribution is 7.89. The summed E-state index contributed by atoms with van der Waals surface area (Å²) >= 11 is 0. The van der Waals surface area contributed by atoms with Gasteiger partial charge in [-0.3, -0.25) is 4.90 Å². The molecule has 11 heteroatoms. The molecule has 1 fully saturated rings. The first-order chi connectivity index (χ1) is 10.4. The van der Waals surface area contributed by atoms with Gasteiger partial charge in [0, 0.05) is 34.1 Å². The van der Waals surface area contributed by atoms with Crippen LogP contribution in [0.25, 0.3) is 0 Å². The fraction of sp³-hybridized carbons (Fsp3) is 0.833.